The molecule has 0 radical (unpaired) electrons. The molecule has 10 heavy (non-hydrogen) atoms. The minimum atomic E-state index is -1.09. The zero-order valence-electron chi connectivity index (χ0n) is 5.50. The van der Waals surface area contributed by atoms with Gasteiger partial charge in [-0.1, -0.05) is 6.92 Å². The number of aliphatic carboxylic acids is 1. The zero-order valence-corrected chi connectivity index (χ0v) is 5.50. The number of nitrogens with one attached hydrogen (secondary N) is 1. The molecule has 0 saturated carbocycles. The Bertz CT molecular complexity index is 218. The van der Waals surface area contributed by atoms with Crippen LogP contribution in [0.4, 0.5) is 0 Å². The van der Waals surface area contributed by atoms with Crippen LogP contribution < -0.4 is 5.11 Å². The van der Waals surface area contributed by atoms with Crippen molar-refractivity contribution in [2.75, 3.05) is 0 Å². The third-order valence-corrected chi connectivity index (χ3v) is 1.34. The summed E-state index contributed by atoms with van der Waals surface area (Å²) in [6, 6.07) is 0. The molecule has 0 spiro atoms. The molecule has 0 aliphatic rings. The van der Waals surface area contributed by atoms with E-state index in [0.717, 1.165) is 0 Å². The second-order valence-corrected chi connectivity index (χ2v) is 2.05. The first-order chi connectivity index (χ1) is 4.72. The van der Waals surface area contributed by atoms with Crippen LogP contribution in [-0.2, 0) is 4.79 Å². The predicted octanol–water partition coefficient (Wildman–Crippen LogP) is -0.737. The molecule has 1 N–H and O–H groups in total. The number of aromatic amines is 1. The summed E-state index contributed by atoms with van der Waals surface area (Å²) in [5.41, 5.74) is 0.569. The van der Waals surface area contributed by atoms with Crippen molar-refractivity contribution in [1.82, 2.24) is 9.97 Å². The third kappa shape index (κ3) is 1.15. The Labute approximate surface area is 57.9 Å². The van der Waals surface area contributed by atoms with E-state index in [9.17, 15) is 9.90 Å². The second kappa shape index (κ2) is 2.51. The Morgan fingerprint density at radius 1 is 1.90 bits per heavy atom. The van der Waals surface area contributed by atoms with Crippen molar-refractivity contribution in [3.8, 4) is 0 Å². The Balaban J connectivity index is 2.77. The lowest BCUT2D eigenvalue weighted by Gasteiger charge is -2.08. The highest BCUT2D eigenvalue weighted by atomic mass is 16.4. The maximum atomic E-state index is 10.2. The van der Waals surface area contributed by atoms with Crippen LogP contribution in [-0.4, -0.2) is 15.9 Å². The second-order valence-electron chi connectivity index (χ2n) is 2.05. The first kappa shape index (κ1) is 6.80. The molecule has 1 unspecified atom stereocenters. The number of carbonyl (C=O) groups is 1. The highest BCUT2D eigenvalue weighted by molar-refractivity contribution is 5.72. The smallest absolute Gasteiger partial charge is 0.0921 e. The molecule has 0 bridgehead atoms. The molecule has 1 aromatic heterocycles. The first-order valence-corrected chi connectivity index (χ1v) is 2.91. The van der Waals surface area contributed by atoms with E-state index in [0.29, 0.717) is 5.69 Å². The summed E-state index contributed by atoms with van der Waals surface area (Å²) in [6.45, 7) is 1.54. The lowest BCUT2D eigenvalue weighted by atomic mass is 10.1. The SMILES string of the molecule is CC(C(=O)[O-])c1cnc[nH]1. The standard InChI is InChI=1S/C6H8N2O2/c1-4(6(9)10)5-2-7-3-8-5/h2-4H,1H3,(H,7,8)(H,9,10)/p-1. The molecule has 54 valence electrons. The molecule has 0 aliphatic carbocycles. The molecular weight excluding hydrogens is 132 g/mol. The van der Waals surface area contributed by atoms with Crippen molar-refractivity contribution >= 4 is 5.97 Å². The van der Waals surface area contributed by atoms with Gasteiger partial charge in [-0.15, -0.1) is 0 Å². The van der Waals surface area contributed by atoms with E-state index in [1.165, 1.54) is 12.5 Å². The average Bonchev–Trinajstić information content (AvgIpc) is 2.36. The van der Waals surface area contributed by atoms with Gasteiger partial charge in [0.05, 0.1) is 12.3 Å². The van der Waals surface area contributed by atoms with Gasteiger partial charge in [-0.2, -0.15) is 0 Å². The molecular formula is C6H7N2O2-. The number of hydrogen-bond acceptors (Lipinski definition) is 3. The van der Waals surface area contributed by atoms with Gasteiger partial charge >= 0.3 is 0 Å². The highest BCUT2D eigenvalue weighted by Crippen LogP contribution is 2.08. The molecule has 1 aromatic rings. The van der Waals surface area contributed by atoms with Crippen LogP contribution in [0.3, 0.4) is 0 Å². The quantitative estimate of drug-likeness (QED) is 0.586. The van der Waals surface area contributed by atoms with Gasteiger partial charge in [0, 0.05) is 17.8 Å². The van der Waals surface area contributed by atoms with Gasteiger partial charge in [0.25, 0.3) is 0 Å². The van der Waals surface area contributed by atoms with Gasteiger partial charge in [-0.3, -0.25) is 0 Å². The van der Waals surface area contributed by atoms with Gasteiger partial charge in [0.1, 0.15) is 0 Å². The topological polar surface area (TPSA) is 68.8 Å². The normalized spacial score (nSPS) is 12.9. The number of carboxylic acids is 1. The Kier molecular flexibility index (Phi) is 1.71. The fraction of sp³-hybridized carbons (Fsp3) is 0.333. The molecule has 1 heterocycles. The van der Waals surface area contributed by atoms with E-state index in [4.69, 9.17) is 0 Å². The van der Waals surface area contributed by atoms with Gasteiger partial charge in [0.15, 0.2) is 0 Å². The van der Waals surface area contributed by atoms with Crippen molar-refractivity contribution in [3.63, 3.8) is 0 Å². The van der Waals surface area contributed by atoms with E-state index in [1.807, 2.05) is 0 Å². The number of hydrogen-bond donors (Lipinski definition) is 1. The van der Waals surface area contributed by atoms with Crippen LogP contribution in [0.25, 0.3) is 0 Å². The van der Waals surface area contributed by atoms with Crippen molar-refractivity contribution < 1.29 is 9.90 Å². The maximum absolute atomic E-state index is 10.2. The predicted molar refractivity (Wildman–Crippen MR) is 32.0 cm³/mol. The molecule has 0 aliphatic heterocycles. The number of H-pyrrole nitrogens is 1. The average molecular weight is 139 g/mol. The van der Waals surface area contributed by atoms with E-state index in [-0.39, 0.29) is 0 Å². The summed E-state index contributed by atoms with van der Waals surface area (Å²) < 4.78 is 0. The zero-order chi connectivity index (χ0) is 7.56. The van der Waals surface area contributed by atoms with Gasteiger partial charge in [-0.05, 0) is 0 Å². The first-order valence-electron chi connectivity index (χ1n) is 2.91. The minimum absolute atomic E-state index is 0.569. The lowest BCUT2D eigenvalue weighted by Crippen LogP contribution is -2.28. The monoisotopic (exact) mass is 139 g/mol. The minimum Gasteiger partial charge on any atom is -0.549 e. The molecule has 0 fully saturated rings. The molecule has 1 atom stereocenters. The molecule has 4 nitrogen and oxygen atoms in total. The molecule has 0 aromatic carbocycles. The summed E-state index contributed by atoms with van der Waals surface area (Å²) in [7, 11) is 0. The summed E-state index contributed by atoms with van der Waals surface area (Å²) in [5, 5.41) is 10.2. The van der Waals surface area contributed by atoms with Crippen LogP contribution in [0.1, 0.15) is 18.5 Å². The van der Waals surface area contributed by atoms with Crippen LogP contribution in [0.15, 0.2) is 12.5 Å². The van der Waals surface area contributed by atoms with Gasteiger partial charge in [-0.25, -0.2) is 4.98 Å². The fourth-order valence-electron chi connectivity index (χ4n) is 0.630. The van der Waals surface area contributed by atoms with Crippen molar-refractivity contribution in [3.05, 3.63) is 18.2 Å². The van der Waals surface area contributed by atoms with E-state index in [2.05, 4.69) is 9.97 Å². The van der Waals surface area contributed by atoms with Crippen LogP contribution in [0.5, 0.6) is 0 Å². The third-order valence-electron chi connectivity index (χ3n) is 1.34. The molecule has 4 heteroatoms. The largest absolute Gasteiger partial charge is 0.549 e. The Morgan fingerprint density at radius 3 is 3.00 bits per heavy atom. The molecule has 1 rings (SSSR count). The number of rotatable bonds is 2. The number of nitrogens with zero attached hydrogens (tertiary/aromatic N) is 1. The molecule has 0 saturated heterocycles. The van der Waals surface area contributed by atoms with Crippen LogP contribution >= 0.6 is 0 Å². The fourth-order valence-corrected chi connectivity index (χ4v) is 0.630. The van der Waals surface area contributed by atoms with E-state index >= 15 is 0 Å². The van der Waals surface area contributed by atoms with Crippen LogP contribution in [0.2, 0.25) is 0 Å². The number of imidazole rings is 1. The summed E-state index contributed by atoms with van der Waals surface area (Å²) >= 11 is 0. The number of carbonyl (C=O) groups excluding carboxylic acids is 1. The van der Waals surface area contributed by atoms with Crippen molar-refractivity contribution in [2.45, 2.75) is 12.8 Å². The lowest BCUT2D eigenvalue weighted by molar-refractivity contribution is -0.307. The van der Waals surface area contributed by atoms with Crippen LogP contribution in [0, 0.1) is 0 Å². The maximum Gasteiger partial charge on any atom is 0.0921 e. The highest BCUT2D eigenvalue weighted by Gasteiger charge is 2.05. The summed E-state index contributed by atoms with van der Waals surface area (Å²) in [4.78, 5) is 16.6. The molecule has 0 amide bonds. The summed E-state index contributed by atoms with van der Waals surface area (Å²) in [5.74, 6) is -1.70. The van der Waals surface area contributed by atoms with Gasteiger partial charge < -0.3 is 14.9 Å². The van der Waals surface area contributed by atoms with E-state index < -0.39 is 11.9 Å². The Hall–Kier alpha value is -1.32. The Morgan fingerprint density at radius 2 is 2.60 bits per heavy atom. The van der Waals surface area contributed by atoms with Gasteiger partial charge in [0.2, 0.25) is 0 Å². The summed E-state index contributed by atoms with van der Waals surface area (Å²) in [6.07, 6.45) is 2.91. The number of carboxylic acid groups (broad SMARTS) is 1. The van der Waals surface area contributed by atoms with E-state index in [1.54, 1.807) is 6.92 Å². The van der Waals surface area contributed by atoms with Crippen molar-refractivity contribution in [2.24, 2.45) is 0 Å². The number of aromatic nitrogens is 2. The van der Waals surface area contributed by atoms with Crippen molar-refractivity contribution in [1.29, 1.82) is 0 Å².